The molecule has 0 aliphatic heterocycles. The van der Waals surface area contributed by atoms with Gasteiger partial charge in [0.15, 0.2) is 0 Å². The lowest BCUT2D eigenvalue weighted by molar-refractivity contribution is -0.137. The highest BCUT2D eigenvalue weighted by Crippen LogP contribution is 2.37. The van der Waals surface area contributed by atoms with Crippen LogP contribution in [0.5, 0.6) is 0 Å². The van der Waals surface area contributed by atoms with Gasteiger partial charge in [0.2, 0.25) is 5.91 Å². The third kappa shape index (κ3) is 4.00. The largest absolute Gasteiger partial charge is 0.416 e. The zero-order valence-corrected chi connectivity index (χ0v) is 15.1. The Morgan fingerprint density at radius 1 is 1.29 bits per heavy atom. The summed E-state index contributed by atoms with van der Waals surface area (Å²) in [6, 6.07) is 2.07. The number of aromatic nitrogens is 2. The minimum Gasteiger partial charge on any atom is -0.351 e. The fourth-order valence-corrected chi connectivity index (χ4v) is 3.19. The number of hydrogen-bond acceptors (Lipinski definition) is 3. The summed E-state index contributed by atoms with van der Waals surface area (Å²) in [7, 11) is 0. The predicted octanol–water partition coefficient (Wildman–Crippen LogP) is 3.45. The van der Waals surface area contributed by atoms with Crippen LogP contribution in [0.3, 0.4) is 0 Å². The van der Waals surface area contributed by atoms with E-state index in [1.54, 1.807) is 13.8 Å². The van der Waals surface area contributed by atoms with Gasteiger partial charge in [-0.25, -0.2) is 13.5 Å². The third-order valence-corrected chi connectivity index (χ3v) is 4.61. The summed E-state index contributed by atoms with van der Waals surface area (Å²) in [5.74, 6) is -3.76. The maximum atomic E-state index is 13.0. The monoisotopic (exact) mass is 403 g/mol. The van der Waals surface area contributed by atoms with E-state index in [-0.39, 0.29) is 22.4 Å². The number of benzene rings is 1. The van der Waals surface area contributed by atoms with Gasteiger partial charge in [0.05, 0.1) is 16.6 Å². The van der Waals surface area contributed by atoms with Gasteiger partial charge in [-0.05, 0) is 24.1 Å². The third-order valence-electron chi connectivity index (χ3n) is 4.61. The van der Waals surface area contributed by atoms with Crippen molar-refractivity contribution in [3.63, 3.8) is 0 Å². The maximum Gasteiger partial charge on any atom is 0.416 e. The van der Waals surface area contributed by atoms with Crippen LogP contribution in [0.25, 0.3) is 10.8 Å². The Kier molecular flexibility index (Phi) is 4.93. The van der Waals surface area contributed by atoms with Crippen LogP contribution in [0, 0.1) is 0 Å². The first-order valence-corrected chi connectivity index (χ1v) is 8.66. The second-order valence-corrected chi connectivity index (χ2v) is 7.29. The Morgan fingerprint density at radius 3 is 2.46 bits per heavy atom. The Hall–Kier alpha value is -2.52. The molecule has 1 aromatic carbocycles. The minimum atomic E-state index is -4.57. The summed E-state index contributed by atoms with van der Waals surface area (Å²) < 4.78 is 65.6. The molecule has 1 aliphatic carbocycles. The van der Waals surface area contributed by atoms with Crippen LogP contribution in [0.1, 0.15) is 43.9 Å². The lowest BCUT2D eigenvalue weighted by Gasteiger charge is -2.35. The molecule has 0 bridgehead atoms. The van der Waals surface area contributed by atoms with Gasteiger partial charge in [0, 0.05) is 24.3 Å². The van der Waals surface area contributed by atoms with Crippen LogP contribution >= 0.6 is 0 Å². The first-order chi connectivity index (χ1) is 12.9. The van der Waals surface area contributed by atoms with E-state index in [0.717, 1.165) is 22.9 Å². The zero-order valence-electron chi connectivity index (χ0n) is 15.1. The zero-order chi connectivity index (χ0) is 20.9. The molecule has 0 radical (unpaired) electrons. The molecule has 2 aromatic rings. The Morgan fingerprint density at radius 2 is 1.93 bits per heavy atom. The molecular formula is C18H18F5N3O2. The summed E-state index contributed by atoms with van der Waals surface area (Å²) >= 11 is 0. The summed E-state index contributed by atoms with van der Waals surface area (Å²) in [5.41, 5.74) is -1.38. The standard InChI is InChI=1S/C18H18F5N3O2/c1-9(2)15-13-5-10(18(21,22)23)3-4-12(13)16(28)26(25-15)8-14(27)24-11-6-17(19,20)7-11/h3-5,9,11H,6-8H2,1-2H3,(H,24,27). The summed E-state index contributed by atoms with van der Waals surface area (Å²) in [4.78, 5) is 24.7. The van der Waals surface area contributed by atoms with Crippen molar-refractivity contribution < 1.29 is 26.7 Å². The maximum absolute atomic E-state index is 13.0. The molecular weight excluding hydrogens is 385 g/mol. The van der Waals surface area contributed by atoms with E-state index in [0.29, 0.717) is 0 Å². The Bertz CT molecular complexity index is 974. The predicted molar refractivity (Wildman–Crippen MR) is 91.2 cm³/mol. The number of carbonyl (C=O) groups is 1. The van der Waals surface area contributed by atoms with Crippen molar-refractivity contribution in [1.82, 2.24) is 15.1 Å². The van der Waals surface area contributed by atoms with Crippen LogP contribution in [0.4, 0.5) is 22.0 Å². The fraction of sp³-hybridized carbons (Fsp3) is 0.500. The van der Waals surface area contributed by atoms with E-state index < -0.39 is 54.6 Å². The number of halogens is 5. The van der Waals surface area contributed by atoms with Crippen molar-refractivity contribution in [1.29, 1.82) is 0 Å². The van der Waals surface area contributed by atoms with Gasteiger partial charge >= 0.3 is 6.18 Å². The number of nitrogens with one attached hydrogen (secondary N) is 1. The van der Waals surface area contributed by atoms with Gasteiger partial charge in [-0.15, -0.1) is 0 Å². The molecule has 1 aliphatic rings. The van der Waals surface area contributed by atoms with Crippen LogP contribution in [0.2, 0.25) is 0 Å². The number of carbonyl (C=O) groups excluding carboxylic acids is 1. The fourth-order valence-electron chi connectivity index (χ4n) is 3.19. The molecule has 1 amide bonds. The lowest BCUT2D eigenvalue weighted by atomic mass is 9.88. The normalized spacial score (nSPS) is 17.0. The highest BCUT2D eigenvalue weighted by atomic mass is 19.4. The Labute approximate surface area is 156 Å². The van der Waals surface area contributed by atoms with E-state index in [1.165, 1.54) is 0 Å². The molecule has 0 spiro atoms. The highest BCUT2D eigenvalue weighted by Gasteiger charge is 2.45. The second-order valence-electron chi connectivity index (χ2n) is 7.29. The molecule has 5 nitrogen and oxygen atoms in total. The van der Waals surface area contributed by atoms with Crippen molar-refractivity contribution in [2.75, 3.05) is 0 Å². The van der Waals surface area contributed by atoms with Gasteiger partial charge in [-0.2, -0.15) is 18.3 Å². The average molecular weight is 403 g/mol. The molecule has 1 heterocycles. The number of alkyl halides is 5. The topological polar surface area (TPSA) is 64.0 Å². The molecule has 1 saturated carbocycles. The average Bonchev–Trinajstić information content (AvgIpc) is 2.54. The van der Waals surface area contributed by atoms with Crippen molar-refractivity contribution in [2.45, 2.75) is 57.3 Å². The smallest absolute Gasteiger partial charge is 0.351 e. The Balaban J connectivity index is 1.94. The number of fused-ring (bicyclic) bond motifs is 1. The number of hydrogen-bond donors (Lipinski definition) is 1. The molecule has 1 aromatic heterocycles. The summed E-state index contributed by atoms with van der Waals surface area (Å²) in [6.45, 7) is 2.90. The number of amides is 1. The minimum absolute atomic E-state index is 0.00896. The molecule has 3 rings (SSSR count). The molecule has 1 N–H and O–H groups in total. The first kappa shape index (κ1) is 20.2. The van der Waals surface area contributed by atoms with E-state index >= 15 is 0 Å². The van der Waals surface area contributed by atoms with Crippen molar-refractivity contribution in [2.24, 2.45) is 0 Å². The van der Waals surface area contributed by atoms with E-state index in [2.05, 4.69) is 10.4 Å². The van der Waals surface area contributed by atoms with E-state index in [1.807, 2.05) is 0 Å². The SMILES string of the molecule is CC(C)c1nn(CC(=O)NC2CC(F)(F)C2)c(=O)c2ccc(C(F)(F)F)cc12. The molecule has 0 atom stereocenters. The second kappa shape index (κ2) is 6.82. The van der Waals surface area contributed by atoms with E-state index in [9.17, 15) is 31.5 Å². The summed E-state index contributed by atoms with van der Waals surface area (Å²) in [6.07, 6.45) is -5.49. The molecule has 0 saturated heterocycles. The molecule has 152 valence electrons. The highest BCUT2D eigenvalue weighted by molar-refractivity contribution is 5.85. The van der Waals surface area contributed by atoms with Gasteiger partial charge in [-0.3, -0.25) is 9.59 Å². The first-order valence-electron chi connectivity index (χ1n) is 8.66. The van der Waals surface area contributed by atoms with Crippen molar-refractivity contribution in [3.05, 3.63) is 39.8 Å². The number of nitrogens with zero attached hydrogens (tertiary/aromatic N) is 2. The van der Waals surface area contributed by atoms with Crippen LogP contribution < -0.4 is 10.9 Å². The summed E-state index contributed by atoms with van der Waals surface area (Å²) in [5, 5.41) is 6.56. The van der Waals surface area contributed by atoms with Gasteiger partial charge < -0.3 is 5.32 Å². The van der Waals surface area contributed by atoms with Crippen LogP contribution in [-0.4, -0.2) is 27.7 Å². The van der Waals surface area contributed by atoms with Crippen LogP contribution in [-0.2, 0) is 17.5 Å². The molecule has 0 unspecified atom stereocenters. The van der Waals surface area contributed by atoms with Gasteiger partial charge in [0.1, 0.15) is 6.54 Å². The van der Waals surface area contributed by atoms with Crippen molar-refractivity contribution >= 4 is 16.7 Å². The molecule has 1 fully saturated rings. The quantitative estimate of drug-likeness (QED) is 0.796. The van der Waals surface area contributed by atoms with E-state index in [4.69, 9.17) is 0 Å². The van der Waals surface area contributed by atoms with Crippen molar-refractivity contribution in [3.8, 4) is 0 Å². The van der Waals surface area contributed by atoms with Gasteiger partial charge in [-0.1, -0.05) is 13.8 Å². The lowest BCUT2D eigenvalue weighted by Crippen LogP contribution is -2.51. The molecule has 10 heteroatoms. The van der Waals surface area contributed by atoms with Crippen LogP contribution in [0.15, 0.2) is 23.0 Å². The van der Waals surface area contributed by atoms with Gasteiger partial charge in [0.25, 0.3) is 11.5 Å². The number of rotatable bonds is 4. The molecule has 28 heavy (non-hydrogen) atoms.